The van der Waals surface area contributed by atoms with Crippen molar-refractivity contribution in [1.82, 2.24) is 10.2 Å². The molecule has 94 valence electrons. The molecule has 0 aromatic carbocycles. The second kappa shape index (κ2) is 5.53. The summed E-state index contributed by atoms with van der Waals surface area (Å²) in [6.07, 6.45) is 1.85. The lowest BCUT2D eigenvalue weighted by molar-refractivity contribution is 0.0247. The molecule has 0 bridgehead atoms. The number of rotatable bonds is 1. The molecule has 1 unspecified atom stereocenters. The predicted octanol–water partition coefficient (Wildman–Crippen LogP) is 2.00. The molecule has 0 saturated carbocycles. The smallest absolute Gasteiger partial charge is 0.410 e. The first-order chi connectivity index (χ1) is 7.42. The van der Waals surface area contributed by atoms with Gasteiger partial charge in [-0.05, 0) is 40.2 Å². The van der Waals surface area contributed by atoms with Crippen molar-refractivity contribution in [3.05, 3.63) is 0 Å². The Morgan fingerprint density at radius 1 is 1.50 bits per heavy atom. The zero-order valence-corrected chi connectivity index (χ0v) is 10.9. The zero-order chi connectivity index (χ0) is 12.2. The minimum absolute atomic E-state index is 0.186. The Morgan fingerprint density at radius 2 is 2.19 bits per heavy atom. The maximum absolute atomic E-state index is 11.9. The van der Waals surface area contributed by atoms with Crippen LogP contribution in [0.3, 0.4) is 0 Å². The molecule has 1 aliphatic rings. The van der Waals surface area contributed by atoms with Crippen LogP contribution in [0.2, 0.25) is 0 Å². The average molecular weight is 228 g/mol. The van der Waals surface area contributed by atoms with Crippen molar-refractivity contribution in [1.29, 1.82) is 0 Å². The topological polar surface area (TPSA) is 41.6 Å². The van der Waals surface area contributed by atoms with Gasteiger partial charge in [-0.15, -0.1) is 0 Å². The molecule has 0 spiro atoms. The first-order valence-electron chi connectivity index (χ1n) is 6.13. The predicted molar refractivity (Wildman–Crippen MR) is 64.5 cm³/mol. The van der Waals surface area contributed by atoms with E-state index in [1.165, 1.54) is 0 Å². The number of hydrogen-bond acceptors (Lipinski definition) is 3. The minimum Gasteiger partial charge on any atom is -0.444 e. The van der Waals surface area contributed by atoms with Crippen molar-refractivity contribution >= 4 is 6.09 Å². The first kappa shape index (κ1) is 13.3. The first-order valence-corrected chi connectivity index (χ1v) is 6.13. The van der Waals surface area contributed by atoms with Crippen LogP contribution >= 0.6 is 0 Å². The third kappa shape index (κ3) is 4.39. The Morgan fingerprint density at radius 3 is 2.75 bits per heavy atom. The lowest BCUT2D eigenvalue weighted by Gasteiger charge is -2.28. The van der Waals surface area contributed by atoms with Crippen molar-refractivity contribution < 1.29 is 9.53 Å². The fourth-order valence-corrected chi connectivity index (χ4v) is 1.76. The maximum atomic E-state index is 11.9. The Kier molecular flexibility index (Phi) is 4.59. The largest absolute Gasteiger partial charge is 0.444 e. The summed E-state index contributed by atoms with van der Waals surface area (Å²) in [5.74, 6) is 0. The quantitative estimate of drug-likeness (QED) is 0.746. The highest BCUT2D eigenvalue weighted by Gasteiger charge is 2.25. The van der Waals surface area contributed by atoms with E-state index in [0.717, 1.165) is 32.5 Å². The van der Waals surface area contributed by atoms with Gasteiger partial charge < -0.3 is 15.0 Å². The molecule has 16 heavy (non-hydrogen) atoms. The van der Waals surface area contributed by atoms with Crippen LogP contribution in [0.15, 0.2) is 0 Å². The number of amides is 1. The van der Waals surface area contributed by atoms with Gasteiger partial charge in [-0.3, -0.25) is 0 Å². The lowest BCUT2D eigenvalue weighted by atomic mass is 10.2. The normalized spacial score (nSPS) is 22.8. The molecule has 1 fully saturated rings. The van der Waals surface area contributed by atoms with E-state index in [1.54, 1.807) is 0 Å². The zero-order valence-electron chi connectivity index (χ0n) is 10.9. The van der Waals surface area contributed by atoms with Crippen molar-refractivity contribution in [2.75, 3.05) is 19.6 Å². The summed E-state index contributed by atoms with van der Waals surface area (Å²) in [6, 6.07) is 0.398. The standard InChI is InChI=1S/C12H24N2O2/c1-5-10-9-14(8-6-7-13-10)11(15)16-12(2,3)4/h10,13H,5-9H2,1-4H3. The van der Waals surface area contributed by atoms with E-state index < -0.39 is 5.60 Å². The number of nitrogens with one attached hydrogen (secondary N) is 1. The molecule has 4 nitrogen and oxygen atoms in total. The number of nitrogens with zero attached hydrogens (tertiary/aromatic N) is 1. The van der Waals surface area contributed by atoms with Gasteiger partial charge in [0.2, 0.25) is 0 Å². The molecule has 1 heterocycles. The van der Waals surface area contributed by atoms with Crippen molar-refractivity contribution in [2.24, 2.45) is 0 Å². The average Bonchev–Trinajstić information content (AvgIpc) is 2.39. The molecule has 1 rings (SSSR count). The summed E-state index contributed by atoms with van der Waals surface area (Å²) >= 11 is 0. The van der Waals surface area contributed by atoms with E-state index in [-0.39, 0.29) is 6.09 Å². The number of ether oxygens (including phenoxy) is 1. The molecule has 1 N–H and O–H groups in total. The summed E-state index contributed by atoms with van der Waals surface area (Å²) in [5.41, 5.74) is -0.404. The maximum Gasteiger partial charge on any atom is 0.410 e. The fourth-order valence-electron chi connectivity index (χ4n) is 1.76. The highest BCUT2D eigenvalue weighted by atomic mass is 16.6. The van der Waals surface area contributed by atoms with Crippen LogP contribution in [0.25, 0.3) is 0 Å². The van der Waals surface area contributed by atoms with Crippen LogP contribution in [-0.2, 0) is 4.74 Å². The van der Waals surface area contributed by atoms with Gasteiger partial charge in [0, 0.05) is 19.1 Å². The van der Waals surface area contributed by atoms with Crippen LogP contribution in [0, 0.1) is 0 Å². The summed E-state index contributed by atoms with van der Waals surface area (Å²) in [7, 11) is 0. The van der Waals surface area contributed by atoms with Crippen molar-refractivity contribution in [2.45, 2.75) is 52.2 Å². The Labute approximate surface area is 98.3 Å². The SMILES string of the molecule is CCC1CN(C(=O)OC(C)(C)C)CCCN1. The van der Waals surface area contributed by atoms with Gasteiger partial charge in [-0.25, -0.2) is 4.79 Å². The molecule has 0 aliphatic carbocycles. The summed E-state index contributed by atoms with van der Waals surface area (Å²) in [5, 5.41) is 3.43. The van der Waals surface area contributed by atoms with Crippen LogP contribution in [0.5, 0.6) is 0 Å². The Balaban J connectivity index is 2.53. The van der Waals surface area contributed by atoms with E-state index in [9.17, 15) is 4.79 Å². The molecule has 1 saturated heterocycles. The third-order valence-electron chi connectivity index (χ3n) is 2.62. The van der Waals surface area contributed by atoms with Crippen LogP contribution < -0.4 is 5.32 Å². The number of hydrogen-bond donors (Lipinski definition) is 1. The van der Waals surface area contributed by atoms with E-state index in [4.69, 9.17) is 4.74 Å². The molecular formula is C12H24N2O2. The van der Waals surface area contributed by atoms with E-state index in [0.29, 0.717) is 6.04 Å². The van der Waals surface area contributed by atoms with Crippen LogP contribution in [-0.4, -0.2) is 42.3 Å². The minimum atomic E-state index is -0.404. The Hall–Kier alpha value is -0.770. The second-order valence-electron chi connectivity index (χ2n) is 5.34. The summed E-state index contributed by atoms with van der Waals surface area (Å²) < 4.78 is 5.38. The van der Waals surface area contributed by atoms with Gasteiger partial charge in [0.15, 0.2) is 0 Å². The van der Waals surface area contributed by atoms with Crippen molar-refractivity contribution in [3.8, 4) is 0 Å². The molecular weight excluding hydrogens is 204 g/mol. The van der Waals surface area contributed by atoms with Crippen LogP contribution in [0.4, 0.5) is 4.79 Å². The Bertz CT molecular complexity index is 236. The number of carbonyl (C=O) groups excluding carboxylic acids is 1. The molecule has 0 aromatic rings. The van der Waals surface area contributed by atoms with E-state index in [1.807, 2.05) is 25.7 Å². The van der Waals surface area contributed by atoms with Gasteiger partial charge in [-0.2, -0.15) is 0 Å². The van der Waals surface area contributed by atoms with Gasteiger partial charge in [-0.1, -0.05) is 6.92 Å². The molecule has 1 amide bonds. The lowest BCUT2D eigenvalue weighted by Crippen LogP contribution is -2.42. The summed E-state index contributed by atoms with van der Waals surface area (Å²) in [6.45, 7) is 10.4. The van der Waals surface area contributed by atoms with E-state index in [2.05, 4.69) is 12.2 Å². The highest BCUT2D eigenvalue weighted by molar-refractivity contribution is 5.68. The number of carbonyl (C=O) groups is 1. The van der Waals surface area contributed by atoms with Gasteiger partial charge in [0.05, 0.1) is 0 Å². The molecule has 4 heteroatoms. The van der Waals surface area contributed by atoms with Crippen LogP contribution in [0.1, 0.15) is 40.5 Å². The molecule has 0 aromatic heterocycles. The molecule has 0 radical (unpaired) electrons. The van der Waals surface area contributed by atoms with Gasteiger partial charge in [0.1, 0.15) is 5.60 Å². The summed E-state index contributed by atoms with van der Waals surface area (Å²) in [4.78, 5) is 13.7. The van der Waals surface area contributed by atoms with Gasteiger partial charge >= 0.3 is 6.09 Å². The highest BCUT2D eigenvalue weighted by Crippen LogP contribution is 2.12. The molecule has 1 aliphatic heterocycles. The monoisotopic (exact) mass is 228 g/mol. The third-order valence-corrected chi connectivity index (χ3v) is 2.62. The van der Waals surface area contributed by atoms with Gasteiger partial charge in [0.25, 0.3) is 0 Å². The second-order valence-corrected chi connectivity index (χ2v) is 5.34. The van der Waals surface area contributed by atoms with Crippen molar-refractivity contribution in [3.63, 3.8) is 0 Å². The fraction of sp³-hybridized carbons (Fsp3) is 0.917. The van der Waals surface area contributed by atoms with E-state index >= 15 is 0 Å². The molecule has 1 atom stereocenters.